The highest BCUT2D eigenvalue weighted by Gasteiger charge is 2.22. The standard InChI is InChI=1S/C15H22BrNO/c1-17-14-5-3-2-4-6-15(14)18-11-12-7-9-13(16)10-8-12/h7-10,14-15,17H,2-6,11H2,1H3. The fourth-order valence-corrected chi connectivity index (χ4v) is 2.85. The predicted molar refractivity (Wildman–Crippen MR) is 78.7 cm³/mol. The third kappa shape index (κ3) is 4.08. The number of rotatable bonds is 4. The Bertz CT molecular complexity index is 352. The van der Waals surface area contributed by atoms with Gasteiger partial charge in [-0.2, -0.15) is 0 Å². The average molecular weight is 312 g/mol. The van der Waals surface area contributed by atoms with Gasteiger partial charge < -0.3 is 10.1 Å². The molecule has 0 spiro atoms. The average Bonchev–Trinajstić information content (AvgIpc) is 2.63. The van der Waals surface area contributed by atoms with Crippen LogP contribution in [-0.4, -0.2) is 19.2 Å². The Hall–Kier alpha value is -0.380. The first-order valence-corrected chi connectivity index (χ1v) is 7.62. The fourth-order valence-electron chi connectivity index (χ4n) is 2.59. The van der Waals surface area contributed by atoms with Gasteiger partial charge in [-0.3, -0.25) is 0 Å². The van der Waals surface area contributed by atoms with Crippen molar-refractivity contribution < 1.29 is 4.74 Å². The summed E-state index contributed by atoms with van der Waals surface area (Å²) in [6.07, 6.45) is 6.74. The molecule has 1 fully saturated rings. The Morgan fingerprint density at radius 3 is 2.61 bits per heavy atom. The monoisotopic (exact) mass is 311 g/mol. The summed E-state index contributed by atoms with van der Waals surface area (Å²) in [5, 5.41) is 3.41. The summed E-state index contributed by atoms with van der Waals surface area (Å²) < 4.78 is 7.23. The van der Waals surface area contributed by atoms with Crippen LogP contribution >= 0.6 is 15.9 Å². The van der Waals surface area contributed by atoms with E-state index in [1.807, 2.05) is 7.05 Å². The maximum absolute atomic E-state index is 6.11. The van der Waals surface area contributed by atoms with E-state index in [4.69, 9.17) is 4.74 Å². The molecular weight excluding hydrogens is 290 g/mol. The number of nitrogens with one attached hydrogen (secondary N) is 1. The van der Waals surface area contributed by atoms with Gasteiger partial charge in [0, 0.05) is 10.5 Å². The van der Waals surface area contributed by atoms with Crippen LogP contribution < -0.4 is 5.32 Å². The highest BCUT2D eigenvalue weighted by Crippen LogP contribution is 2.22. The summed E-state index contributed by atoms with van der Waals surface area (Å²) in [7, 11) is 2.05. The lowest BCUT2D eigenvalue weighted by Crippen LogP contribution is -2.38. The maximum Gasteiger partial charge on any atom is 0.0732 e. The van der Waals surface area contributed by atoms with E-state index in [2.05, 4.69) is 45.5 Å². The summed E-state index contributed by atoms with van der Waals surface area (Å²) in [6.45, 7) is 0.718. The van der Waals surface area contributed by atoms with Gasteiger partial charge in [-0.05, 0) is 37.6 Å². The number of ether oxygens (including phenoxy) is 1. The first-order chi connectivity index (χ1) is 8.79. The first-order valence-electron chi connectivity index (χ1n) is 6.83. The molecule has 0 aliphatic heterocycles. The van der Waals surface area contributed by atoms with E-state index in [1.54, 1.807) is 0 Å². The highest BCUT2D eigenvalue weighted by atomic mass is 79.9. The number of likely N-dealkylation sites (N-methyl/N-ethyl adjacent to an activating group) is 1. The van der Waals surface area contributed by atoms with Crippen molar-refractivity contribution in [2.24, 2.45) is 0 Å². The van der Waals surface area contributed by atoms with E-state index in [-0.39, 0.29) is 0 Å². The van der Waals surface area contributed by atoms with Crippen LogP contribution in [0.1, 0.15) is 37.7 Å². The number of halogens is 1. The molecule has 0 radical (unpaired) electrons. The summed E-state index contributed by atoms with van der Waals surface area (Å²) in [5.41, 5.74) is 1.25. The minimum atomic E-state index is 0.362. The van der Waals surface area contributed by atoms with E-state index < -0.39 is 0 Å². The molecule has 1 aromatic rings. The van der Waals surface area contributed by atoms with Crippen molar-refractivity contribution >= 4 is 15.9 Å². The predicted octanol–water partition coefficient (Wildman–Crippen LogP) is 3.89. The molecule has 0 amide bonds. The molecule has 0 saturated heterocycles. The van der Waals surface area contributed by atoms with Crippen molar-refractivity contribution in [2.45, 2.75) is 50.9 Å². The SMILES string of the molecule is CNC1CCCCCC1OCc1ccc(Br)cc1. The molecule has 100 valence electrons. The van der Waals surface area contributed by atoms with Crippen molar-refractivity contribution in [1.82, 2.24) is 5.32 Å². The van der Waals surface area contributed by atoms with Gasteiger partial charge in [0.1, 0.15) is 0 Å². The van der Waals surface area contributed by atoms with Gasteiger partial charge in [0.25, 0.3) is 0 Å². The van der Waals surface area contributed by atoms with Crippen molar-refractivity contribution in [3.8, 4) is 0 Å². The first kappa shape index (κ1) is 14.0. The van der Waals surface area contributed by atoms with Crippen LogP contribution in [0, 0.1) is 0 Å². The Balaban J connectivity index is 1.88. The van der Waals surface area contributed by atoms with Crippen molar-refractivity contribution in [3.63, 3.8) is 0 Å². The number of hydrogen-bond acceptors (Lipinski definition) is 2. The van der Waals surface area contributed by atoms with Crippen LogP contribution in [-0.2, 0) is 11.3 Å². The molecule has 1 aliphatic carbocycles. The van der Waals surface area contributed by atoms with Gasteiger partial charge in [-0.1, -0.05) is 47.3 Å². The quantitative estimate of drug-likeness (QED) is 0.852. The third-order valence-electron chi connectivity index (χ3n) is 3.70. The van der Waals surface area contributed by atoms with Gasteiger partial charge in [0.2, 0.25) is 0 Å². The molecule has 0 aromatic heterocycles. The molecule has 1 aliphatic rings. The minimum Gasteiger partial charge on any atom is -0.372 e. The Morgan fingerprint density at radius 1 is 1.17 bits per heavy atom. The molecular formula is C15H22BrNO. The number of benzene rings is 1. The Morgan fingerprint density at radius 2 is 1.89 bits per heavy atom. The van der Waals surface area contributed by atoms with Crippen molar-refractivity contribution in [3.05, 3.63) is 34.3 Å². The Kier molecular flexibility index (Phi) is 5.67. The topological polar surface area (TPSA) is 21.3 Å². The molecule has 2 atom stereocenters. The van der Waals surface area contributed by atoms with E-state index in [0.29, 0.717) is 12.1 Å². The molecule has 0 bridgehead atoms. The zero-order valence-corrected chi connectivity index (χ0v) is 12.6. The molecule has 2 rings (SSSR count). The zero-order chi connectivity index (χ0) is 12.8. The van der Waals surface area contributed by atoms with Crippen LogP contribution in [0.5, 0.6) is 0 Å². The van der Waals surface area contributed by atoms with Crippen LogP contribution in [0.15, 0.2) is 28.7 Å². The maximum atomic E-state index is 6.11. The number of hydrogen-bond donors (Lipinski definition) is 1. The molecule has 2 nitrogen and oxygen atoms in total. The molecule has 3 heteroatoms. The van der Waals surface area contributed by atoms with Crippen LogP contribution in [0.25, 0.3) is 0 Å². The van der Waals surface area contributed by atoms with E-state index >= 15 is 0 Å². The second-order valence-corrected chi connectivity index (χ2v) is 5.92. The van der Waals surface area contributed by atoms with Crippen molar-refractivity contribution in [1.29, 1.82) is 0 Å². The molecule has 2 unspecified atom stereocenters. The third-order valence-corrected chi connectivity index (χ3v) is 4.23. The van der Waals surface area contributed by atoms with E-state index in [9.17, 15) is 0 Å². The van der Waals surface area contributed by atoms with Gasteiger partial charge in [-0.25, -0.2) is 0 Å². The zero-order valence-electron chi connectivity index (χ0n) is 11.0. The highest BCUT2D eigenvalue weighted by molar-refractivity contribution is 9.10. The summed E-state index contributed by atoms with van der Waals surface area (Å²) in [4.78, 5) is 0. The van der Waals surface area contributed by atoms with Crippen LogP contribution in [0.3, 0.4) is 0 Å². The van der Waals surface area contributed by atoms with Gasteiger partial charge in [0.15, 0.2) is 0 Å². The van der Waals surface area contributed by atoms with Gasteiger partial charge in [-0.15, -0.1) is 0 Å². The summed E-state index contributed by atoms with van der Waals surface area (Å²) >= 11 is 3.45. The van der Waals surface area contributed by atoms with E-state index in [0.717, 1.165) is 11.1 Å². The van der Waals surface area contributed by atoms with Gasteiger partial charge in [0.05, 0.1) is 12.7 Å². The lowest BCUT2D eigenvalue weighted by molar-refractivity contribution is 0.0124. The molecule has 1 N–H and O–H groups in total. The minimum absolute atomic E-state index is 0.362. The van der Waals surface area contributed by atoms with Crippen molar-refractivity contribution in [2.75, 3.05) is 7.05 Å². The molecule has 1 aromatic carbocycles. The fraction of sp³-hybridized carbons (Fsp3) is 0.600. The lowest BCUT2D eigenvalue weighted by Gasteiger charge is -2.25. The van der Waals surface area contributed by atoms with Crippen LogP contribution in [0.4, 0.5) is 0 Å². The summed E-state index contributed by atoms with van der Waals surface area (Å²) in [5.74, 6) is 0. The largest absolute Gasteiger partial charge is 0.372 e. The second-order valence-electron chi connectivity index (χ2n) is 5.01. The Labute approximate surface area is 118 Å². The summed E-state index contributed by atoms with van der Waals surface area (Å²) in [6, 6.07) is 8.90. The van der Waals surface area contributed by atoms with E-state index in [1.165, 1.54) is 37.7 Å². The second kappa shape index (κ2) is 7.27. The van der Waals surface area contributed by atoms with Gasteiger partial charge >= 0.3 is 0 Å². The molecule has 18 heavy (non-hydrogen) atoms. The molecule has 0 heterocycles. The smallest absolute Gasteiger partial charge is 0.0732 e. The van der Waals surface area contributed by atoms with Crippen LogP contribution in [0.2, 0.25) is 0 Å². The normalized spacial score (nSPS) is 24.8. The molecule has 1 saturated carbocycles. The lowest BCUT2D eigenvalue weighted by atomic mass is 10.1.